The van der Waals surface area contributed by atoms with Gasteiger partial charge in [0, 0.05) is 19.3 Å². The van der Waals surface area contributed by atoms with Crippen LogP contribution in [0.2, 0.25) is 0 Å². The molecule has 0 aliphatic rings. The van der Waals surface area contributed by atoms with Gasteiger partial charge in [0.25, 0.3) is 0 Å². The zero-order chi connectivity index (χ0) is 47.2. The predicted molar refractivity (Wildman–Crippen MR) is 279 cm³/mol. The molecule has 65 heavy (non-hydrogen) atoms. The van der Waals surface area contributed by atoms with E-state index in [1.54, 1.807) is 0 Å². The number of carbonyl (C=O) groups is 3. The van der Waals surface area contributed by atoms with Crippen LogP contribution in [0.15, 0.2) is 72.9 Å². The fourth-order valence-corrected chi connectivity index (χ4v) is 7.62. The second kappa shape index (κ2) is 53.5. The summed E-state index contributed by atoms with van der Waals surface area (Å²) < 4.78 is 16.8. The molecule has 0 fully saturated rings. The maximum Gasteiger partial charge on any atom is 0.306 e. The van der Waals surface area contributed by atoms with Crippen molar-refractivity contribution >= 4 is 17.9 Å². The Balaban J connectivity index is 4.44. The van der Waals surface area contributed by atoms with Crippen LogP contribution in [0.25, 0.3) is 0 Å². The third kappa shape index (κ3) is 51.7. The van der Waals surface area contributed by atoms with Crippen molar-refractivity contribution in [2.24, 2.45) is 0 Å². The first-order valence-electron chi connectivity index (χ1n) is 27.5. The molecule has 0 saturated carbocycles. The number of carbonyl (C=O) groups excluding carboxylic acids is 3. The van der Waals surface area contributed by atoms with Crippen molar-refractivity contribution in [2.45, 2.75) is 271 Å². The van der Waals surface area contributed by atoms with Gasteiger partial charge in [-0.3, -0.25) is 14.4 Å². The van der Waals surface area contributed by atoms with Gasteiger partial charge in [0.05, 0.1) is 0 Å². The SMILES string of the molecule is CCCCC\C=C/C=C\C=C/C=C\CCCCCCCC(=O)OCC(COC(=O)CCCCCCCCCCCCCCCC)OC(=O)CCCCCCCC/C=C\C=C/CCCCC. The number of allylic oxidation sites excluding steroid dienone is 12. The molecule has 0 aromatic rings. The minimum atomic E-state index is -0.790. The lowest BCUT2D eigenvalue weighted by Gasteiger charge is -2.18. The van der Waals surface area contributed by atoms with E-state index in [1.165, 1.54) is 128 Å². The first-order valence-corrected chi connectivity index (χ1v) is 27.5. The Morgan fingerprint density at radius 1 is 0.308 bits per heavy atom. The molecule has 6 heteroatoms. The fourth-order valence-electron chi connectivity index (χ4n) is 7.62. The van der Waals surface area contributed by atoms with Crippen LogP contribution in [0.4, 0.5) is 0 Å². The van der Waals surface area contributed by atoms with E-state index in [4.69, 9.17) is 14.2 Å². The summed E-state index contributed by atoms with van der Waals surface area (Å²) in [5, 5.41) is 0. The van der Waals surface area contributed by atoms with E-state index >= 15 is 0 Å². The Bertz CT molecular complexity index is 1230. The summed E-state index contributed by atoms with van der Waals surface area (Å²) in [6, 6.07) is 0. The summed E-state index contributed by atoms with van der Waals surface area (Å²) in [6.45, 7) is 6.55. The van der Waals surface area contributed by atoms with Crippen molar-refractivity contribution in [3.05, 3.63) is 72.9 Å². The van der Waals surface area contributed by atoms with Gasteiger partial charge in [-0.25, -0.2) is 0 Å². The minimum absolute atomic E-state index is 0.0863. The van der Waals surface area contributed by atoms with E-state index in [-0.39, 0.29) is 31.1 Å². The van der Waals surface area contributed by atoms with Crippen molar-refractivity contribution in [3.63, 3.8) is 0 Å². The molecule has 0 radical (unpaired) electrons. The molecular formula is C59H102O6. The molecule has 1 unspecified atom stereocenters. The third-order valence-electron chi connectivity index (χ3n) is 11.8. The summed E-state index contributed by atoms with van der Waals surface area (Å²) in [5.74, 6) is -0.915. The van der Waals surface area contributed by atoms with Gasteiger partial charge in [-0.1, -0.05) is 248 Å². The first kappa shape index (κ1) is 61.9. The van der Waals surface area contributed by atoms with Gasteiger partial charge in [0.15, 0.2) is 6.10 Å². The average molecular weight is 907 g/mol. The van der Waals surface area contributed by atoms with E-state index < -0.39 is 6.10 Å². The first-order chi connectivity index (χ1) is 32.0. The van der Waals surface area contributed by atoms with Crippen LogP contribution in [0.1, 0.15) is 265 Å². The van der Waals surface area contributed by atoms with Gasteiger partial charge in [0.1, 0.15) is 13.2 Å². The highest BCUT2D eigenvalue weighted by Gasteiger charge is 2.19. The van der Waals surface area contributed by atoms with Crippen LogP contribution in [0, 0.1) is 0 Å². The number of esters is 3. The van der Waals surface area contributed by atoms with Crippen molar-refractivity contribution < 1.29 is 28.6 Å². The quantitative estimate of drug-likeness (QED) is 0.0262. The van der Waals surface area contributed by atoms with Crippen LogP contribution in [0.3, 0.4) is 0 Å². The molecule has 0 spiro atoms. The molecule has 0 N–H and O–H groups in total. The van der Waals surface area contributed by atoms with E-state index in [1.807, 2.05) is 0 Å². The number of ether oxygens (including phenoxy) is 3. The van der Waals surface area contributed by atoms with Crippen LogP contribution in [-0.2, 0) is 28.6 Å². The highest BCUT2D eigenvalue weighted by molar-refractivity contribution is 5.71. The summed E-state index contributed by atoms with van der Waals surface area (Å²) in [4.78, 5) is 38.1. The van der Waals surface area contributed by atoms with Crippen molar-refractivity contribution in [1.82, 2.24) is 0 Å². The fraction of sp³-hybridized carbons (Fsp3) is 0.746. The summed E-state index contributed by atoms with van der Waals surface area (Å²) in [5.41, 5.74) is 0. The highest BCUT2D eigenvalue weighted by atomic mass is 16.6. The van der Waals surface area contributed by atoms with Crippen LogP contribution >= 0.6 is 0 Å². The molecule has 0 heterocycles. The topological polar surface area (TPSA) is 78.9 Å². The van der Waals surface area contributed by atoms with Crippen molar-refractivity contribution in [3.8, 4) is 0 Å². The molecule has 0 saturated heterocycles. The number of rotatable bonds is 49. The van der Waals surface area contributed by atoms with E-state index in [0.717, 1.165) is 96.3 Å². The summed E-state index contributed by atoms with van der Waals surface area (Å²) in [6.07, 6.45) is 67.3. The largest absolute Gasteiger partial charge is 0.462 e. The molecule has 0 aromatic carbocycles. The normalized spacial score (nSPS) is 12.6. The lowest BCUT2D eigenvalue weighted by Crippen LogP contribution is -2.30. The molecule has 0 aromatic heterocycles. The number of hydrogen-bond donors (Lipinski definition) is 0. The smallest absolute Gasteiger partial charge is 0.306 e. The second-order valence-electron chi connectivity index (χ2n) is 18.3. The van der Waals surface area contributed by atoms with Gasteiger partial charge in [-0.05, 0) is 70.6 Å². The zero-order valence-corrected chi connectivity index (χ0v) is 42.7. The molecular weight excluding hydrogens is 805 g/mol. The Hall–Kier alpha value is -3.15. The average Bonchev–Trinajstić information content (AvgIpc) is 3.30. The Morgan fingerprint density at radius 2 is 0.554 bits per heavy atom. The maximum atomic E-state index is 12.8. The van der Waals surface area contributed by atoms with Crippen LogP contribution < -0.4 is 0 Å². The second-order valence-corrected chi connectivity index (χ2v) is 18.3. The van der Waals surface area contributed by atoms with Gasteiger partial charge in [0.2, 0.25) is 0 Å². The van der Waals surface area contributed by atoms with E-state index in [0.29, 0.717) is 19.3 Å². The van der Waals surface area contributed by atoms with E-state index in [9.17, 15) is 14.4 Å². The van der Waals surface area contributed by atoms with E-state index in [2.05, 4.69) is 93.7 Å². The Kier molecular flexibility index (Phi) is 50.9. The molecule has 0 rings (SSSR count). The molecule has 1 atom stereocenters. The van der Waals surface area contributed by atoms with Crippen molar-refractivity contribution in [2.75, 3.05) is 13.2 Å². The molecule has 0 aliphatic heterocycles. The monoisotopic (exact) mass is 907 g/mol. The Morgan fingerprint density at radius 3 is 0.908 bits per heavy atom. The number of unbranched alkanes of at least 4 members (excludes halogenated alkanes) is 30. The van der Waals surface area contributed by atoms with Gasteiger partial charge in [-0.2, -0.15) is 0 Å². The maximum absolute atomic E-state index is 12.8. The highest BCUT2D eigenvalue weighted by Crippen LogP contribution is 2.15. The summed E-state index contributed by atoms with van der Waals surface area (Å²) >= 11 is 0. The summed E-state index contributed by atoms with van der Waals surface area (Å²) in [7, 11) is 0. The van der Waals surface area contributed by atoms with Crippen LogP contribution in [0.5, 0.6) is 0 Å². The molecule has 374 valence electrons. The van der Waals surface area contributed by atoms with Crippen LogP contribution in [-0.4, -0.2) is 37.2 Å². The molecule has 6 nitrogen and oxygen atoms in total. The van der Waals surface area contributed by atoms with Gasteiger partial charge < -0.3 is 14.2 Å². The molecule has 0 bridgehead atoms. The van der Waals surface area contributed by atoms with Gasteiger partial charge >= 0.3 is 17.9 Å². The number of hydrogen-bond acceptors (Lipinski definition) is 6. The molecule has 0 aliphatic carbocycles. The predicted octanol–water partition coefficient (Wildman–Crippen LogP) is 18.2. The minimum Gasteiger partial charge on any atom is -0.462 e. The standard InChI is InChI=1S/C59H102O6/c1-4-7-10-13-16-19-22-25-28-29-30-32-34-37-40-43-46-49-52-58(61)64-55-56(54-63-57(60)51-48-45-42-39-36-33-27-24-21-18-15-12-9-6-3)65-59(62)53-50-47-44-41-38-35-31-26-23-20-17-14-11-8-5-2/h16-17,19-20,22-23,25-26,28-30,32,56H,4-15,18,21,24,27,31,33-55H2,1-3H3/b19-16-,20-17-,25-22-,26-23-,29-28-,32-30-. The lowest BCUT2D eigenvalue weighted by atomic mass is 10.0. The van der Waals surface area contributed by atoms with Crippen molar-refractivity contribution in [1.29, 1.82) is 0 Å². The van der Waals surface area contributed by atoms with Gasteiger partial charge in [-0.15, -0.1) is 0 Å². The zero-order valence-electron chi connectivity index (χ0n) is 42.7. The Labute approximate surface area is 402 Å². The lowest BCUT2D eigenvalue weighted by molar-refractivity contribution is -0.167. The third-order valence-corrected chi connectivity index (χ3v) is 11.8. The molecule has 0 amide bonds.